The fraction of sp³-hybridized carbons (Fsp3) is 0.125. The van der Waals surface area contributed by atoms with Gasteiger partial charge in [0.2, 0.25) is 0 Å². The molecule has 0 fully saturated rings. The third kappa shape index (κ3) is 4.24. The second-order valence-electron chi connectivity index (χ2n) is 7.09. The van der Waals surface area contributed by atoms with Crippen molar-refractivity contribution in [1.29, 1.82) is 0 Å². The van der Waals surface area contributed by atoms with Crippen molar-refractivity contribution >= 4 is 5.91 Å². The van der Waals surface area contributed by atoms with Crippen LogP contribution in [0.3, 0.4) is 0 Å². The lowest BCUT2D eigenvalue weighted by atomic mass is 10.1. The summed E-state index contributed by atoms with van der Waals surface area (Å²) in [6, 6.07) is 21.5. The molecule has 2 aromatic heterocycles. The van der Waals surface area contributed by atoms with Crippen molar-refractivity contribution in [3.05, 3.63) is 102 Å². The number of carbonyl (C=O) groups is 1. The Morgan fingerprint density at radius 1 is 1.03 bits per heavy atom. The third-order valence-corrected chi connectivity index (χ3v) is 4.74. The van der Waals surface area contributed by atoms with Gasteiger partial charge in [0.25, 0.3) is 5.91 Å². The number of rotatable bonds is 5. The van der Waals surface area contributed by atoms with E-state index in [0.717, 1.165) is 22.5 Å². The predicted molar refractivity (Wildman–Crippen MR) is 114 cm³/mol. The summed E-state index contributed by atoms with van der Waals surface area (Å²) >= 11 is 0. The molecule has 29 heavy (non-hydrogen) atoms. The van der Waals surface area contributed by atoms with Crippen molar-refractivity contribution < 1.29 is 4.79 Å². The Bertz CT molecular complexity index is 1130. The lowest BCUT2D eigenvalue weighted by Crippen LogP contribution is -2.26. The second-order valence-corrected chi connectivity index (χ2v) is 7.09. The van der Waals surface area contributed by atoms with Gasteiger partial charge in [0.1, 0.15) is 0 Å². The van der Waals surface area contributed by atoms with Crippen molar-refractivity contribution in [2.45, 2.75) is 13.5 Å². The molecule has 5 nitrogen and oxygen atoms in total. The highest BCUT2D eigenvalue weighted by molar-refractivity contribution is 5.95. The maximum atomic E-state index is 12.9. The Hall–Kier alpha value is -3.73. The van der Waals surface area contributed by atoms with Gasteiger partial charge in [-0.05, 0) is 48.9 Å². The van der Waals surface area contributed by atoms with Crippen molar-refractivity contribution in [2.24, 2.45) is 0 Å². The number of aryl methyl sites for hydroxylation is 1. The average Bonchev–Trinajstić information content (AvgIpc) is 3.22. The molecule has 2 heterocycles. The van der Waals surface area contributed by atoms with Crippen LogP contribution in [0.4, 0.5) is 0 Å². The van der Waals surface area contributed by atoms with Crippen molar-refractivity contribution in [3.63, 3.8) is 0 Å². The highest BCUT2D eigenvalue weighted by Gasteiger charge is 2.14. The zero-order valence-corrected chi connectivity index (χ0v) is 16.5. The molecule has 0 aliphatic heterocycles. The van der Waals surface area contributed by atoms with E-state index in [4.69, 9.17) is 0 Å². The van der Waals surface area contributed by atoms with E-state index in [1.54, 1.807) is 24.3 Å². The van der Waals surface area contributed by atoms with Crippen LogP contribution in [-0.2, 0) is 6.54 Å². The van der Waals surface area contributed by atoms with E-state index in [-0.39, 0.29) is 5.91 Å². The molecule has 5 heteroatoms. The summed E-state index contributed by atoms with van der Waals surface area (Å²) in [7, 11) is 1.81. The van der Waals surface area contributed by atoms with Gasteiger partial charge < -0.3 is 4.90 Å². The first-order chi connectivity index (χ1) is 14.1. The number of aromatic nitrogens is 3. The van der Waals surface area contributed by atoms with Crippen LogP contribution in [0, 0.1) is 6.92 Å². The van der Waals surface area contributed by atoms with Crippen LogP contribution in [0.5, 0.6) is 0 Å². The third-order valence-electron chi connectivity index (χ3n) is 4.74. The Kier molecular flexibility index (Phi) is 5.20. The molecular weight excluding hydrogens is 360 g/mol. The standard InChI is InChI=1S/C24H22N4O/c1-18-7-5-10-22(13-18)28-17-19(15-26-28)16-27(2)24(29)21-9-6-8-20(14-21)23-11-3-4-12-25-23/h3-15,17H,16H2,1-2H3. The maximum absolute atomic E-state index is 12.9. The average molecular weight is 382 g/mol. The second kappa shape index (κ2) is 8.10. The summed E-state index contributed by atoms with van der Waals surface area (Å²) in [6.45, 7) is 2.54. The summed E-state index contributed by atoms with van der Waals surface area (Å²) in [4.78, 5) is 19.0. The molecule has 0 aliphatic carbocycles. The van der Waals surface area contributed by atoms with Crippen LogP contribution in [0.1, 0.15) is 21.5 Å². The highest BCUT2D eigenvalue weighted by atomic mass is 16.2. The van der Waals surface area contributed by atoms with E-state index in [0.29, 0.717) is 12.1 Å². The Morgan fingerprint density at radius 3 is 2.69 bits per heavy atom. The predicted octanol–water partition coefficient (Wildman–Crippen LogP) is 4.51. The Balaban J connectivity index is 1.49. The van der Waals surface area contributed by atoms with E-state index in [1.165, 1.54) is 5.56 Å². The van der Waals surface area contributed by atoms with Gasteiger partial charge in [-0.15, -0.1) is 0 Å². The first-order valence-electron chi connectivity index (χ1n) is 9.48. The molecule has 0 saturated carbocycles. The minimum absolute atomic E-state index is 0.0360. The van der Waals surface area contributed by atoms with Crippen LogP contribution < -0.4 is 0 Å². The summed E-state index contributed by atoms with van der Waals surface area (Å²) in [5, 5.41) is 4.44. The monoisotopic (exact) mass is 382 g/mol. The van der Waals surface area contributed by atoms with E-state index < -0.39 is 0 Å². The fourth-order valence-electron chi connectivity index (χ4n) is 3.26. The van der Waals surface area contributed by atoms with Crippen molar-refractivity contribution in [1.82, 2.24) is 19.7 Å². The normalized spacial score (nSPS) is 10.7. The molecule has 1 amide bonds. The van der Waals surface area contributed by atoms with Gasteiger partial charge in [-0.1, -0.05) is 30.3 Å². The fourth-order valence-corrected chi connectivity index (χ4v) is 3.26. The lowest BCUT2D eigenvalue weighted by Gasteiger charge is -2.16. The smallest absolute Gasteiger partial charge is 0.253 e. The molecule has 0 atom stereocenters. The minimum atomic E-state index is -0.0360. The molecule has 144 valence electrons. The van der Waals surface area contributed by atoms with E-state index in [1.807, 2.05) is 65.5 Å². The summed E-state index contributed by atoms with van der Waals surface area (Å²) in [5.41, 5.74) is 5.58. The van der Waals surface area contributed by atoms with Crippen molar-refractivity contribution in [3.8, 4) is 16.9 Å². The van der Waals surface area contributed by atoms with Crippen LogP contribution in [0.2, 0.25) is 0 Å². The number of hydrogen-bond acceptors (Lipinski definition) is 3. The number of benzene rings is 2. The van der Waals surface area contributed by atoms with Gasteiger partial charge in [0.15, 0.2) is 0 Å². The highest BCUT2D eigenvalue weighted by Crippen LogP contribution is 2.19. The van der Waals surface area contributed by atoms with Crippen LogP contribution in [0.15, 0.2) is 85.3 Å². The first kappa shape index (κ1) is 18.6. The number of nitrogens with zero attached hydrogens (tertiary/aromatic N) is 4. The van der Waals surface area contributed by atoms with Crippen LogP contribution in [-0.4, -0.2) is 32.6 Å². The molecule has 0 saturated heterocycles. The van der Waals surface area contributed by atoms with Gasteiger partial charge in [0.05, 0.1) is 17.6 Å². The van der Waals surface area contributed by atoms with Gasteiger partial charge in [-0.2, -0.15) is 5.10 Å². The molecule has 0 spiro atoms. The zero-order chi connectivity index (χ0) is 20.2. The molecule has 4 rings (SSSR count). The maximum Gasteiger partial charge on any atom is 0.253 e. The van der Waals surface area contributed by atoms with E-state index >= 15 is 0 Å². The van der Waals surface area contributed by atoms with Crippen LogP contribution in [0.25, 0.3) is 16.9 Å². The molecule has 0 aliphatic rings. The molecule has 0 radical (unpaired) electrons. The largest absolute Gasteiger partial charge is 0.337 e. The van der Waals surface area contributed by atoms with Crippen molar-refractivity contribution in [2.75, 3.05) is 7.05 Å². The molecule has 0 N–H and O–H groups in total. The SMILES string of the molecule is Cc1cccc(-n2cc(CN(C)C(=O)c3cccc(-c4ccccn4)c3)cn2)c1. The Morgan fingerprint density at radius 2 is 1.90 bits per heavy atom. The lowest BCUT2D eigenvalue weighted by molar-refractivity contribution is 0.0785. The summed E-state index contributed by atoms with van der Waals surface area (Å²) in [5.74, 6) is -0.0360. The minimum Gasteiger partial charge on any atom is -0.337 e. The number of pyridine rings is 1. The van der Waals surface area contributed by atoms with E-state index in [9.17, 15) is 4.79 Å². The van der Waals surface area contributed by atoms with Gasteiger partial charge in [0, 0.05) is 42.7 Å². The number of carbonyl (C=O) groups excluding carboxylic acids is 1. The topological polar surface area (TPSA) is 51.0 Å². The number of hydrogen-bond donors (Lipinski definition) is 0. The molecular formula is C24H22N4O. The quantitative estimate of drug-likeness (QED) is 0.510. The molecule has 0 unspecified atom stereocenters. The Labute approximate surface area is 170 Å². The van der Waals surface area contributed by atoms with Gasteiger partial charge in [-0.3, -0.25) is 9.78 Å². The zero-order valence-electron chi connectivity index (χ0n) is 16.5. The molecule has 2 aromatic carbocycles. The summed E-state index contributed by atoms with van der Waals surface area (Å²) < 4.78 is 1.84. The summed E-state index contributed by atoms with van der Waals surface area (Å²) in [6.07, 6.45) is 5.52. The first-order valence-corrected chi connectivity index (χ1v) is 9.48. The molecule has 4 aromatic rings. The van der Waals surface area contributed by atoms with Gasteiger partial charge in [-0.25, -0.2) is 4.68 Å². The molecule has 0 bridgehead atoms. The van der Waals surface area contributed by atoms with Crippen LogP contribution >= 0.6 is 0 Å². The van der Waals surface area contributed by atoms with Gasteiger partial charge >= 0.3 is 0 Å². The number of amides is 1. The van der Waals surface area contributed by atoms with E-state index in [2.05, 4.69) is 29.1 Å².